The third-order valence-electron chi connectivity index (χ3n) is 4.78. The molecule has 0 heterocycles. The third-order valence-corrected chi connectivity index (χ3v) is 4.98. The molecule has 0 fully saturated rings. The Balaban J connectivity index is 1.91. The molecule has 2 aromatic carbocycles. The van der Waals surface area contributed by atoms with Gasteiger partial charge in [-0.15, -0.1) is 0 Å². The molecule has 6 nitrogen and oxygen atoms in total. The molecule has 0 aliphatic carbocycles. The molecule has 7 heteroatoms. The van der Waals surface area contributed by atoms with Crippen LogP contribution in [0.1, 0.15) is 69.2 Å². The summed E-state index contributed by atoms with van der Waals surface area (Å²) in [5, 5.41) is 8.75. The van der Waals surface area contributed by atoms with E-state index in [-0.39, 0.29) is 16.9 Å². The molecule has 0 saturated heterocycles. The van der Waals surface area contributed by atoms with Crippen LogP contribution in [0.25, 0.3) is 0 Å². The monoisotopic (exact) mass is 455 g/mol. The maximum absolute atomic E-state index is 12.7. The van der Waals surface area contributed by atoms with Crippen LogP contribution in [-0.2, 0) is 4.79 Å². The molecule has 0 saturated carbocycles. The van der Waals surface area contributed by atoms with E-state index >= 15 is 0 Å². The van der Waals surface area contributed by atoms with Gasteiger partial charge in [-0.3, -0.25) is 14.9 Å². The first kappa shape index (κ1) is 25.3. The number of para-hydroxylation sites is 1. The second-order valence-electron chi connectivity index (χ2n) is 7.55. The fraction of sp³-hybridized carbons (Fsp3) is 0.400. The zero-order chi connectivity index (χ0) is 23.2. The highest BCUT2D eigenvalue weighted by Crippen LogP contribution is 2.19. The first-order chi connectivity index (χ1) is 15.5. The van der Waals surface area contributed by atoms with Crippen molar-refractivity contribution in [3.63, 3.8) is 0 Å². The molecular formula is C25H33N3O3S. The zero-order valence-corrected chi connectivity index (χ0v) is 19.7. The summed E-state index contributed by atoms with van der Waals surface area (Å²) in [6, 6.07) is 14.3. The lowest BCUT2D eigenvalue weighted by molar-refractivity contribution is -0.116. The van der Waals surface area contributed by atoms with Crippen molar-refractivity contribution in [2.24, 2.45) is 0 Å². The normalized spacial score (nSPS) is 10.3. The van der Waals surface area contributed by atoms with Crippen molar-refractivity contribution in [3.05, 3.63) is 54.1 Å². The molecule has 0 bridgehead atoms. The maximum atomic E-state index is 12.7. The molecule has 0 aliphatic rings. The van der Waals surface area contributed by atoms with Crippen LogP contribution in [0.3, 0.4) is 0 Å². The standard InChI is InChI=1S/C25H33N3O3S/c1-3-5-7-16-23(29)26-19-12-11-13-20(18-19)27-25(32)28-24(30)21-14-8-9-15-22(21)31-17-10-6-4-2/h8-9,11-15,18H,3-7,10,16-17H2,1-2H3,(H,26,29)(H2,27,28,30,32). The van der Waals surface area contributed by atoms with Gasteiger partial charge < -0.3 is 15.4 Å². The first-order valence-electron chi connectivity index (χ1n) is 11.3. The summed E-state index contributed by atoms with van der Waals surface area (Å²) in [5.41, 5.74) is 1.78. The van der Waals surface area contributed by atoms with Gasteiger partial charge in [0.2, 0.25) is 5.91 Å². The molecule has 2 aromatic rings. The fourth-order valence-corrected chi connectivity index (χ4v) is 3.29. The van der Waals surface area contributed by atoms with E-state index in [1.165, 1.54) is 0 Å². The van der Waals surface area contributed by atoms with Gasteiger partial charge in [-0.1, -0.05) is 57.7 Å². The van der Waals surface area contributed by atoms with Gasteiger partial charge in [-0.2, -0.15) is 0 Å². The summed E-state index contributed by atoms with van der Waals surface area (Å²) >= 11 is 5.31. The summed E-state index contributed by atoms with van der Waals surface area (Å²) in [6.07, 6.45) is 6.62. The van der Waals surface area contributed by atoms with E-state index in [9.17, 15) is 9.59 Å². The Labute approximate surface area is 196 Å². The van der Waals surface area contributed by atoms with E-state index in [1.54, 1.807) is 24.3 Å². The SMILES string of the molecule is CCCCCOc1ccccc1C(=O)NC(=S)Nc1cccc(NC(=O)CCCCC)c1. The topological polar surface area (TPSA) is 79.5 Å². The Morgan fingerprint density at radius 2 is 1.56 bits per heavy atom. The van der Waals surface area contributed by atoms with Crippen LogP contribution >= 0.6 is 12.2 Å². The van der Waals surface area contributed by atoms with Crippen molar-refractivity contribution in [2.45, 2.75) is 58.8 Å². The van der Waals surface area contributed by atoms with Gasteiger partial charge in [0, 0.05) is 17.8 Å². The summed E-state index contributed by atoms with van der Waals surface area (Å²) in [7, 11) is 0. The van der Waals surface area contributed by atoms with Crippen molar-refractivity contribution in [1.29, 1.82) is 0 Å². The number of unbranched alkanes of at least 4 members (excludes halogenated alkanes) is 4. The number of ether oxygens (including phenoxy) is 1. The van der Waals surface area contributed by atoms with Gasteiger partial charge in [0.25, 0.3) is 5.91 Å². The lowest BCUT2D eigenvalue weighted by Crippen LogP contribution is -2.34. The van der Waals surface area contributed by atoms with Crippen molar-refractivity contribution >= 4 is 40.5 Å². The Bertz CT molecular complexity index is 902. The Morgan fingerprint density at radius 3 is 2.31 bits per heavy atom. The van der Waals surface area contributed by atoms with Crippen molar-refractivity contribution < 1.29 is 14.3 Å². The number of hydrogen-bond donors (Lipinski definition) is 3. The van der Waals surface area contributed by atoms with Gasteiger partial charge in [-0.05, 0) is 55.4 Å². The number of benzene rings is 2. The molecule has 2 rings (SSSR count). The zero-order valence-electron chi connectivity index (χ0n) is 18.9. The fourth-order valence-electron chi connectivity index (χ4n) is 3.08. The molecule has 0 atom stereocenters. The highest BCUT2D eigenvalue weighted by atomic mass is 32.1. The molecule has 0 unspecified atom stereocenters. The number of hydrogen-bond acceptors (Lipinski definition) is 4. The minimum absolute atomic E-state index is 0.0120. The number of nitrogens with one attached hydrogen (secondary N) is 3. The average Bonchev–Trinajstić information content (AvgIpc) is 2.77. The lowest BCUT2D eigenvalue weighted by Gasteiger charge is -2.13. The molecule has 2 amide bonds. The lowest BCUT2D eigenvalue weighted by atomic mass is 10.2. The van der Waals surface area contributed by atoms with Crippen LogP contribution in [-0.4, -0.2) is 23.5 Å². The number of carbonyl (C=O) groups excluding carboxylic acids is 2. The predicted molar refractivity (Wildman–Crippen MR) is 134 cm³/mol. The number of amides is 2. The van der Waals surface area contributed by atoms with Crippen molar-refractivity contribution in [1.82, 2.24) is 5.32 Å². The first-order valence-corrected chi connectivity index (χ1v) is 11.7. The molecule has 3 N–H and O–H groups in total. The van der Waals surface area contributed by atoms with E-state index < -0.39 is 0 Å². The smallest absolute Gasteiger partial charge is 0.261 e. The summed E-state index contributed by atoms with van der Waals surface area (Å²) in [5.74, 6) is 0.188. The third kappa shape index (κ3) is 9.06. The van der Waals surface area contributed by atoms with Gasteiger partial charge >= 0.3 is 0 Å². The second kappa shape index (κ2) is 14.2. The van der Waals surface area contributed by atoms with Crippen molar-refractivity contribution in [3.8, 4) is 5.75 Å². The molecule has 32 heavy (non-hydrogen) atoms. The van der Waals surface area contributed by atoms with Crippen LogP contribution in [0.2, 0.25) is 0 Å². The molecule has 0 spiro atoms. The van der Waals surface area contributed by atoms with Crippen LogP contribution in [0.15, 0.2) is 48.5 Å². The predicted octanol–water partition coefficient (Wildman–Crippen LogP) is 5.90. The largest absolute Gasteiger partial charge is 0.493 e. The molecule has 0 aromatic heterocycles. The van der Waals surface area contributed by atoms with E-state index in [2.05, 4.69) is 29.8 Å². The summed E-state index contributed by atoms with van der Waals surface area (Å²) in [4.78, 5) is 24.8. The van der Waals surface area contributed by atoms with Gasteiger partial charge in [0.15, 0.2) is 5.11 Å². The summed E-state index contributed by atoms with van der Waals surface area (Å²) in [6.45, 7) is 4.80. The second-order valence-corrected chi connectivity index (χ2v) is 7.95. The van der Waals surface area contributed by atoms with E-state index in [0.717, 1.165) is 38.5 Å². The number of rotatable bonds is 12. The van der Waals surface area contributed by atoms with Gasteiger partial charge in [0.05, 0.1) is 12.2 Å². The van der Waals surface area contributed by atoms with Crippen LogP contribution in [0, 0.1) is 0 Å². The molecule has 0 aliphatic heterocycles. The number of thiocarbonyl (C=S) groups is 1. The minimum Gasteiger partial charge on any atom is -0.493 e. The van der Waals surface area contributed by atoms with E-state index in [4.69, 9.17) is 17.0 Å². The number of anilines is 2. The summed E-state index contributed by atoms with van der Waals surface area (Å²) < 4.78 is 5.78. The quantitative estimate of drug-likeness (QED) is 0.274. The van der Waals surface area contributed by atoms with E-state index in [1.807, 2.05) is 24.3 Å². The maximum Gasteiger partial charge on any atom is 0.261 e. The minimum atomic E-state index is -0.339. The Hall–Kier alpha value is -2.93. The molecule has 0 radical (unpaired) electrons. The van der Waals surface area contributed by atoms with Gasteiger partial charge in [0.1, 0.15) is 5.75 Å². The van der Waals surface area contributed by atoms with Crippen LogP contribution < -0.4 is 20.7 Å². The number of carbonyl (C=O) groups is 2. The molecular weight excluding hydrogens is 422 g/mol. The highest BCUT2D eigenvalue weighted by molar-refractivity contribution is 7.80. The van der Waals surface area contributed by atoms with Crippen molar-refractivity contribution in [2.75, 3.05) is 17.2 Å². The Morgan fingerprint density at radius 1 is 0.875 bits per heavy atom. The van der Waals surface area contributed by atoms with Crippen LogP contribution in [0.4, 0.5) is 11.4 Å². The average molecular weight is 456 g/mol. The van der Waals surface area contributed by atoms with Gasteiger partial charge in [-0.25, -0.2) is 0 Å². The Kier molecular flexibility index (Phi) is 11.2. The highest BCUT2D eigenvalue weighted by Gasteiger charge is 2.14. The molecule has 172 valence electrons. The van der Waals surface area contributed by atoms with Crippen LogP contribution in [0.5, 0.6) is 5.75 Å². The van der Waals surface area contributed by atoms with E-state index in [0.29, 0.717) is 35.7 Å².